The van der Waals surface area contributed by atoms with E-state index in [9.17, 15) is 0 Å². The van der Waals surface area contributed by atoms with Gasteiger partial charge in [0.15, 0.2) is 5.82 Å². The molecule has 0 bridgehead atoms. The van der Waals surface area contributed by atoms with Gasteiger partial charge in [0.2, 0.25) is 0 Å². The Hall–Kier alpha value is -1.84. The number of nitrogens with two attached hydrogens (primary N) is 1. The number of hydrogen-bond donors (Lipinski definition) is 1. The van der Waals surface area contributed by atoms with E-state index in [4.69, 9.17) is 5.73 Å². The van der Waals surface area contributed by atoms with Crippen LogP contribution in [0.3, 0.4) is 0 Å². The molecule has 88 valence electrons. The van der Waals surface area contributed by atoms with Gasteiger partial charge >= 0.3 is 0 Å². The van der Waals surface area contributed by atoms with E-state index in [0.717, 1.165) is 11.3 Å². The van der Waals surface area contributed by atoms with Crippen molar-refractivity contribution < 1.29 is 0 Å². The third-order valence-electron chi connectivity index (χ3n) is 3.45. The van der Waals surface area contributed by atoms with Gasteiger partial charge in [0.1, 0.15) is 5.69 Å². The van der Waals surface area contributed by atoms with Gasteiger partial charge in [0.05, 0.1) is 6.04 Å². The molecule has 1 aromatic heterocycles. The number of nitrogens with zero attached hydrogens (tertiary/aromatic N) is 3. The van der Waals surface area contributed by atoms with E-state index in [1.54, 1.807) is 0 Å². The highest BCUT2D eigenvalue weighted by Gasteiger charge is 2.22. The van der Waals surface area contributed by atoms with Crippen LogP contribution in [0.1, 0.15) is 31.7 Å². The fourth-order valence-corrected chi connectivity index (χ4v) is 2.52. The summed E-state index contributed by atoms with van der Waals surface area (Å²) in [5, 5.41) is 8.43. The first-order valence-electron chi connectivity index (χ1n) is 6.12. The van der Waals surface area contributed by atoms with Crippen LogP contribution in [-0.2, 0) is 0 Å². The zero-order chi connectivity index (χ0) is 11.7. The molecule has 1 aromatic carbocycles. The van der Waals surface area contributed by atoms with Crippen LogP contribution in [0, 0.1) is 0 Å². The molecule has 17 heavy (non-hydrogen) atoms. The smallest absolute Gasteiger partial charge is 0.150 e. The fourth-order valence-electron chi connectivity index (χ4n) is 2.52. The van der Waals surface area contributed by atoms with Crippen LogP contribution < -0.4 is 5.73 Å². The van der Waals surface area contributed by atoms with Crippen molar-refractivity contribution in [3.63, 3.8) is 0 Å². The monoisotopic (exact) mass is 228 g/mol. The summed E-state index contributed by atoms with van der Waals surface area (Å²) in [6, 6.07) is 10.4. The van der Waals surface area contributed by atoms with Crippen molar-refractivity contribution in [1.29, 1.82) is 0 Å². The molecule has 1 fully saturated rings. The van der Waals surface area contributed by atoms with Crippen molar-refractivity contribution >= 4 is 5.82 Å². The van der Waals surface area contributed by atoms with Gasteiger partial charge in [0.25, 0.3) is 0 Å². The van der Waals surface area contributed by atoms with Crippen LogP contribution in [0.5, 0.6) is 0 Å². The molecule has 2 aromatic rings. The molecular formula is C13H16N4. The molecule has 0 radical (unpaired) electrons. The average Bonchev–Trinajstić information content (AvgIpc) is 2.99. The maximum Gasteiger partial charge on any atom is 0.150 e. The molecule has 1 aliphatic carbocycles. The van der Waals surface area contributed by atoms with Crippen molar-refractivity contribution in [3.05, 3.63) is 30.3 Å². The first kappa shape index (κ1) is 10.3. The molecule has 1 heterocycles. The lowest BCUT2D eigenvalue weighted by atomic mass is 10.1. The van der Waals surface area contributed by atoms with Crippen molar-refractivity contribution in [2.75, 3.05) is 5.73 Å². The minimum atomic E-state index is 0.444. The van der Waals surface area contributed by atoms with Gasteiger partial charge in [-0.15, -0.1) is 5.10 Å². The van der Waals surface area contributed by atoms with Crippen LogP contribution in [0.25, 0.3) is 11.3 Å². The van der Waals surface area contributed by atoms with Gasteiger partial charge in [-0.05, 0) is 12.8 Å². The summed E-state index contributed by atoms with van der Waals surface area (Å²) < 4.78 is 1.90. The number of benzene rings is 1. The molecule has 1 saturated carbocycles. The van der Waals surface area contributed by atoms with Crippen molar-refractivity contribution in [2.45, 2.75) is 31.7 Å². The lowest BCUT2D eigenvalue weighted by Gasteiger charge is -2.10. The minimum absolute atomic E-state index is 0.444. The minimum Gasteiger partial charge on any atom is -0.382 e. The quantitative estimate of drug-likeness (QED) is 0.859. The summed E-state index contributed by atoms with van der Waals surface area (Å²) in [6.45, 7) is 0. The molecule has 0 aliphatic heterocycles. The Morgan fingerprint density at radius 2 is 1.82 bits per heavy atom. The lowest BCUT2D eigenvalue weighted by molar-refractivity contribution is 0.460. The SMILES string of the molecule is Nc1c(-c2ccccc2)nnn1C1CCCC1. The van der Waals surface area contributed by atoms with Crippen LogP contribution in [0.2, 0.25) is 0 Å². The van der Waals surface area contributed by atoms with Gasteiger partial charge in [0, 0.05) is 5.56 Å². The molecule has 3 rings (SSSR count). The van der Waals surface area contributed by atoms with Crippen LogP contribution in [0.15, 0.2) is 30.3 Å². The van der Waals surface area contributed by atoms with E-state index in [-0.39, 0.29) is 0 Å². The van der Waals surface area contributed by atoms with Crippen molar-refractivity contribution in [2.24, 2.45) is 0 Å². The molecule has 0 unspecified atom stereocenters. The van der Waals surface area contributed by atoms with E-state index in [1.807, 2.05) is 35.0 Å². The average molecular weight is 228 g/mol. The van der Waals surface area contributed by atoms with Crippen molar-refractivity contribution in [3.8, 4) is 11.3 Å². The highest BCUT2D eigenvalue weighted by Crippen LogP contribution is 2.33. The maximum atomic E-state index is 6.15. The fraction of sp³-hybridized carbons (Fsp3) is 0.385. The van der Waals surface area contributed by atoms with Gasteiger partial charge in [-0.3, -0.25) is 0 Å². The number of aromatic nitrogens is 3. The Balaban J connectivity index is 1.97. The van der Waals surface area contributed by atoms with E-state index < -0.39 is 0 Å². The third-order valence-corrected chi connectivity index (χ3v) is 3.45. The maximum absolute atomic E-state index is 6.15. The zero-order valence-corrected chi connectivity index (χ0v) is 9.71. The van der Waals surface area contributed by atoms with Gasteiger partial charge in [-0.2, -0.15) is 0 Å². The highest BCUT2D eigenvalue weighted by atomic mass is 15.5. The van der Waals surface area contributed by atoms with Crippen LogP contribution in [0.4, 0.5) is 5.82 Å². The highest BCUT2D eigenvalue weighted by molar-refractivity contribution is 5.69. The largest absolute Gasteiger partial charge is 0.382 e. The third kappa shape index (κ3) is 1.79. The van der Waals surface area contributed by atoms with Crippen LogP contribution >= 0.6 is 0 Å². The summed E-state index contributed by atoms with van der Waals surface area (Å²) in [7, 11) is 0. The molecule has 0 saturated heterocycles. The first-order chi connectivity index (χ1) is 8.36. The predicted octanol–water partition coefficient (Wildman–Crippen LogP) is 2.64. The second kappa shape index (κ2) is 4.20. The number of rotatable bonds is 2. The zero-order valence-electron chi connectivity index (χ0n) is 9.71. The van der Waals surface area contributed by atoms with E-state index in [0.29, 0.717) is 11.9 Å². The lowest BCUT2D eigenvalue weighted by Crippen LogP contribution is -2.10. The topological polar surface area (TPSA) is 56.7 Å². The van der Waals surface area contributed by atoms with Gasteiger partial charge < -0.3 is 5.73 Å². The molecule has 1 aliphatic rings. The predicted molar refractivity (Wildman–Crippen MR) is 67.4 cm³/mol. The summed E-state index contributed by atoms with van der Waals surface area (Å²) in [6.07, 6.45) is 4.87. The standard InChI is InChI=1S/C13H16N4/c14-13-12(10-6-2-1-3-7-10)15-16-17(13)11-8-4-5-9-11/h1-3,6-7,11H,4-5,8-9,14H2. The second-order valence-electron chi connectivity index (χ2n) is 4.57. The Kier molecular flexibility index (Phi) is 2.55. The molecule has 0 spiro atoms. The van der Waals surface area contributed by atoms with E-state index in [1.165, 1.54) is 25.7 Å². The Labute approximate surface area is 100 Å². The Bertz CT molecular complexity index is 497. The second-order valence-corrected chi connectivity index (χ2v) is 4.57. The molecule has 0 amide bonds. The molecule has 2 N–H and O–H groups in total. The summed E-state index contributed by atoms with van der Waals surface area (Å²) in [4.78, 5) is 0. The van der Waals surface area contributed by atoms with E-state index >= 15 is 0 Å². The Morgan fingerprint density at radius 3 is 2.53 bits per heavy atom. The molecule has 0 atom stereocenters. The summed E-state index contributed by atoms with van der Waals surface area (Å²) in [5.74, 6) is 0.697. The Morgan fingerprint density at radius 1 is 1.12 bits per heavy atom. The number of nitrogen functional groups attached to an aromatic ring is 1. The summed E-state index contributed by atoms with van der Waals surface area (Å²) >= 11 is 0. The van der Waals surface area contributed by atoms with Crippen molar-refractivity contribution in [1.82, 2.24) is 15.0 Å². The van der Waals surface area contributed by atoms with Gasteiger partial charge in [-0.1, -0.05) is 48.4 Å². The van der Waals surface area contributed by atoms with E-state index in [2.05, 4.69) is 10.3 Å². The normalized spacial score (nSPS) is 16.5. The number of anilines is 1. The number of hydrogen-bond acceptors (Lipinski definition) is 3. The molecule has 4 nitrogen and oxygen atoms in total. The molecule has 4 heteroatoms. The van der Waals surface area contributed by atoms with Gasteiger partial charge in [-0.25, -0.2) is 4.68 Å². The molecular weight excluding hydrogens is 212 g/mol. The van der Waals surface area contributed by atoms with Crippen LogP contribution in [-0.4, -0.2) is 15.0 Å². The first-order valence-corrected chi connectivity index (χ1v) is 6.12. The summed E-state index contributed by atoms with van der Waals surface area (Å²) in [5.41, 5.74) is 7.99.